The Bertz CT molecular complexity index is 792. The second-order valence-electron chi connectivity index (χ2n) is 8.21. The topological polar surface area (TPSA) is 88.5 Å². The molecule has 0 atom stereocenters. The molecule has 0 spiro atoms. The summed E-state index contributed by atoms with van der Waals surface area (Å²) in [6.45, 7) is 2.02. The molecule has 2 aromatic rings. The van der Waals surface area contributed by atoms with E-state index in [1.54, 1.807) is 4.90 Å². The molecule has 2 amide bonds. The summed E-state index contributed by atoms with van der Waals surface area (Å²) < 4.78 is 5.55. The average Bonchev–Trinajstić information content (AvgIpc) is 3.39. The summed E-state index contributed by atoms with van der Waals surface area (Å²) in [4.78, 5) is 21.1. The Kier molecular flexibility index (Phi) is 5.35. The van der Waals surface area contributed by atoms with Crippen LogP contribution in [0.25, 0.3) is 0 Å². The molecule has 1 aromatic heterocycles. The van der Waals surface area contributed by atoms with Crippen molar-refractivity contribution in [2.45, 2.75) is 56.5 Å². The lowest BCUT2D eigenvalue weighted by molar-refractivity contribution is 0.143. The minimum absolute atomic E-state index is 0.0698. The fourth-order valence-electron chi connectivity index (χ4n) is 4.32. The number of carbonyl (C=O) groups excluding carboxylic acids is 1. The zero-order chi connectivity index (χ0) is 19.6. The molecule has 2 fully saturated rings. The summed E-state index contributed by atoms with van der Waals surface area (Å²) in [5.41, 5.74) is 7.15. The van der Waals surface area contributed by atoms with Gasteiger partial charge in [-0.15, -0.1) is 0 Å². The van der Waals surface area contributed by atoms with Crippen LogP contribution in [0.4, 0.5) is 4.79 Å². The number of aromatic nitrogens is 2. The number of carbonyl (C=O) groups is 1. The van der Waals surface area contributed by atoms with Crippen molar-refractivity contribution >= 4 is 6.03 Å². The van der Waals surface area contributed by atoms with E-state index in [1.165, 1.54) is 0 Å². The van der Waals surface area contributed by atoms with E-state index in [-0.39, 0.29) is 11.9 Å². The van der Waals surface area contributed by atoms with E-state index in [1.807, 2.05) is 42.3 Å². The lowest BCUT2D eigenvalue weighted by Crippen LogP contribution is -2.44. The van der Waals surface area contributed by atoms with Crippen LogP contribution >= 0.6 is 0 Å². The van der Waals surface area contributed by atoms with Crippen LogP contribution in [0.2, 0.25) is 0 Å². The Morgan fingerprint density at radius 2 is 1.93 bits per heavy atom. The Hall–Kier alpha value is -2.41. The van der Waals surface area contributed by atoms with Crippen LogP contribution in [0.3, 0.4) is 0 Å². The molecular formula is C21H29N5O2. The molecule has 0 radical (unpaired) electrons. The Balaban J connectivity index is 1.32. The first-order valence-electron chi connectivity index (χ1n) is 10.2. The number of rotatable bonds is 4. The third-order valence-corrected chi connectivity index (χ3v) is 6.09. The van der Waals surface area contributed by atoms with E-state index in [0.717, 1.165) is 44.1 Å². The monoisotopic (exact) mass is 383 g/mol. The van der Waals surface area contributed by atoms with Crippen molar-refractivity contribution in [2.24, 2.45) is 5.73 Å². The number of likely N-dealkylation sites (tertiary alicyclic amines) is 1. The molecule has 1 saturated heterocycles. The van der Waals surface area contributed by atoms with E-state index in [9.17, 15) is 4.79 Å². The lowest BCUT2D eigenvalue weighted by Gasteiger charge is -2.33. The summed E-state index contributed by atoms with van der Waals surface area (Å²) in [5.74, 6) is 1.53. The Morgan fingerprint density at radius 3 is 2.61 bits per heavy atom. The van der Waals surface area contributed by atoms with Crippen molar-refractivity contribution in [3.63, 3.8) is 0 Å². The van der Waals surface area contributed by atoms with Gasteiger partial charge in [-0.3, -0.25) is 0 Å². The summed E-state index contributed by atoms with van der Waals surface area (Å²) in [6, 6.07) is 10.1. The van der Waals surface area contributed by atoms with Crippen LogP contribution in [-0.4, -0.2) is 46.1 Å². The molecule has 7 heteroatoms. The molecule has 0 unspecified atom stereocenters. The van der Waals surface area contributed by atoms with Gasteiger partial charge in [-0.05, 0) is 31.2 Å². The molecule has 4 rings (SSSR count). The summed E-state index contributed by atoms with van der Waals surface area (Å²) >= 11 is 0. The number of hydrogen-bond acceptors (Lipinski definition) is 5. The Morgan fingerprint density at radius 1 is 1.25 bits per heavy atom. The van der Waals surface area contributed by atoms with Gasteiger partial charge in [0.05, 0.1) is 5.54 Å². The minimum atomic E-state index is -0.418. The molecule has 1 aromatic carbocycles. The molecule has 1 aliphatic heterocycles. The third-order valence-electron chi connectivity index (χ3n) is 6.09. The SMILES string of the molecule is CN(Cc1ccccc1)C(=O)N1CCC(c2nc(C3(N)CCCC3)no2)CC1. The zero-order valence-corrected chi connectivity index (χ0v) is 16.5. The molecule has 2 aliphatic rings. The van der Waals surface area contributed by atoms with Crippen molar-refractivity contribution in [1.82, 2.24) is 19.9 Å². The van der Waals surface area contributed by atoms with Crippen LogP contribution < -0.4 is 5.73 Å². The van der Waals surface area contributed by atoms with Crippen molar-refractivity contribution in [3.8, 4) is 0 Å². The van der Waals surface area contributed by atoms with Gasteiger partial charge in [-0.25, -0.2) is 4.79 Å². The maximum absolute atomic E-state index is 12.7. The smallest absolute Gasteiger partial charge is 0.320 e. The number of urea groups is 1. The third kappa shape index (κ3) is 3.90. The van der Waals surface area contributed by atoms with Gasteiger partial charge in [0.25, 0.3) is 0 Å². The number of amides is 2. The van der Waals surface area contributed by atoms with Gasteiger partial charge in [0.2, 0.25) is 5.89 Å². The number of nitrogens with zero attached hydrogens (tertiary/aromatic N) is 4. The van der Waals surface area contributed by atoms with Crippen molar-refractivity contribution in [1.29, 1.82) is 0 Å². The van der Waals surface area contributed by atoms with Gasteiger partial charge in [0, 0.05) is 32.6 Å². The predicted molar refractivity (Wildman–Crippen MR) is 105 cm³/mol. The number of piperidine rings is 1. The summed E-state index contributed by atoms with van der Waals surface area (Å²) in [5, 5.41) is 4.17. The van der Waals surface area contributed by atoms with Crippen molar-refractivity contribution in [3.05, 3.63) is 47.6 Å². The van der Waals surface area contributed by atoms with Crippen LogP contribution in [0.15, 0.2) is 34.9 Å². The molecule has 150 valence electrons. The van der Waals surface area contributed by atoms with Gasteiger partial charge >= 0.3 is 6.03 Å². The van der Waals surface area contributed by atoms with Gasteiger partial charge in [-0.1, -0.05) is 48.3 Å². The second kappa shape index (κ2) is 7.91. The minimum Gasteiger partial charge on any atom is -0.339 e. The predicted octanol–water partition coefficient (Wildman–Crippen LogP) is 3.23. The number of benzene rings is 1. The van der Waals surface area contributed by atoms with Crippen LogP contribution in [0, 0.1) is 0 Å². The molecule has 7 nitrogen and oxygen atoms in total. The van der Waals surface area contributed by atoms with Crippen LogP contribution in [0.5, 0.6) is 0 Å². The lowest BCUT2D eigenvalue weighted by atomic mass is 9.96. The van der Waals surface area contributed by atoms with Gasteiger partial charge in [-0.2, -0.15) is 4.98 Å². The molecule has 1 saturated carbocycles. The van der Waals surface area contributed by atoms with E-state index in [4.69, 9.17) is 10.3 Å². The summed E-state index contributed by atoms with van der Waals surface area (Å²) in [7, 11) is 1.86. The van der Waals surface area contributed by atoms with Gasteiger partial charge in [0.1, 0.15) is 0 Å². The molecule has 2 heterocycles. The quantitative estimate of drug-likeness (QED) is 0.876. The first kappa shape index (κ1) is 18.9. The van der Waals surface area contributed by atoms with Gasteiger partial charge < -0.3 is 20.1 Å². The van der Waals surface area contributed by atoms with Crippen molar-refractivity contribution < 1.29 is 9.32 Å². The fourth-order valence-corrected chi connectivity index (χ4v) is 4.32. The van der Waals surface area contributed by atoms with Crippen molar-refractivity contribution in [2.75, 3.05) is 20.1 Å². The highest BCUT2D eigenvalue weighted by molar-refractivity contribution is 5.74. The molecule has 1 aliphatic carbocycles. The molecule has 2 N–H and O–H groups in total. The van der Waals surface area contributed by atoms with E-state index >= 15 is 0 Å². The molecule has 28 heavy (non-hydrogen) atoms. The summed E-state index contributed by atoms with van der Waals surface area (Å²) in [6.07, 6.45) is 5.77. The molecular weight excluding hydrogens is 354 g/mol. The number of hydrogen-bond donors (Lipinski definition) is 1. The zero-order valence-electron chi connectivity index (χ0n) is 16.5. The standard InChI is InChI=1S/C21H29N5O2/c1-25(15-16-7-3-2-4-8-16)20(27)26-13-9-17(10-14-26)18-23-19(24-28-18)21(22)11-5-6-12-21/h2-4,7-8,17H,5-6,9-15,22H2,1H3. The first-order valence-corrected chi connectivity index (χ1v) is 10.2. The van der Waals surface area contributed by atoms with E-state index in [0.29, 0.717) is 31.3 Å². The second-order valence-corrected chi connectivity index (χ2v) is 8.21. The Labute approximate surface area is 165 Å². The van der Waals surface area contributed by atoms with Crippen LogP contribution in [-0.2, 0) is 12.1 Å². The maximum Gasteiger partial charge on any atom is 0.320 e. The highest BCUT2D eigenvalue weighted by Crippen LogP contribution is 2.36. The van der Waals surface area contributed by atoms with Gasteiger partial charge in [0.15, 0.2) is 5.82 Å². The average molecular weight is 383 g/mol. The highest BCUT2D eigenvalue weighted by atomic mass is 16.5. The van der Waals surface area contributed by atoms with E-state index in [2.05, 4.69) is 10.1 Å². The maximum atomic E-state index is 12.7. The fraction of sp³-hybridized carbons (Fsp3) is 0.571. The van der Waals surface area contributed by atoms with E-state index < -0.39 is 5.54 Å². The first-order chi connectivity index (χ1) is 13.5. The highest BCUT2D eigenvalue weighted by Gasteiger charge is 2.37. The van der Waals surface area contributed by atoms with Crippen LogP contribution in [0.1, 0.15) is 61.7 Å². The molecule has 0 bridgehead atoms. The normalized spacial score (nSPS) is 19.7. The largest absolute Gasteiger partial charge is 0.339 e. The number of nitrogens with two attached hydrogens (primary N) is 1.